The minimum Gasteiger partial charge on any atom is -0.378 e. The molecule has 0 amide bonds. The number of rotatable bonds is 3. The Balaban J connectivity index is 1.77. The van der Waals surface area contributed by atoms with E-state index in [9.17, 15) is 4.79 Å². The van der Waals surface area contributed by atoms with Gasteiger partial charge in [0.15, 0.2) is 0 Å². The zero-order valence-electron chi connectivity index (χ0n) is 12.5. The highest BCUT2D eigenvalue weighted by molar-refractivity contribution is 9.10. The van der Waals surface area contributed by atoms with Crippen molar-refractivity contribution in [2.75, 3.05) is 31.2 Å². The molecule has 1 aliphatic heterocycles. The lowest BCUT2D eigenvalue weighted by atomic mass is 10.1. The lowest BCUT2D eigenvalue weighted by Gasteiger charge is -2.28. The van der Waals surface area contributed by atoms with E-state index in [4.69, 9.17) is 4.74 Å². The van der Waals surface area contributed by atoms with Gasteiger partial charge in [0.1, 0.15) is 10.3 Å². The Morgan fingerprint density at radius 2 is 1.91 bits per heavy atom. The second kappa shape index (κ2) is 6.62. The number of hydrogen-bond acceptors (Lipinski definition) is 4. The van der Waals surface area contributed by atoms with Gasteiger partial charge >= 0.3 is 0 Å². The number of morpholine rings is 1. The fraction of sp³-hybridized carbons (Fsp3) is 0.375. The SMILES string of the molecule is Cn1cc(Br)nc(Cc2ccc(N3CCOCC3)cc2)c1=O. The minimum absolute atomic E-state index is 0.0551. The molecule has 6 heteroatoms. The summed E-state index contributed by atoms with van der Waals surface area (Å²) in [5.41, 5.74) is 2.78. The third-order valence-electron chi connectivity index (χ3n) is 3.79. The molecule has 3 rings (SSSR count). The van der Waals surface area contributed by atoms with Gasteiger partial charge in [0.05, 0.1) is 13.2 Å². The van der Waals surface area contributed by atoms with Crippen molar-refractivity contribution < 1.29 is 4.74 Å². The smallest absolute Gasteiger partial charge is 0.272 e. The quantitative estimate of drug-likeness (QED) is 0.836. The van der Waals surface area contributed by atoms with Crippen molar-refractivity contribution in [1.82, 2.24) is 9.55 Å². The van der Waals surface area contributed by atoms with Gasteiger partial charge in [-0.2, -0.15) is 0 Å². The highest BCUT2D eigenvalue weighted by atomic mass is 79.9. The second-order valence-electron chi connectivity index (χ2n) is 5.37. The van der Waals surface area contributed by atoms with Crippen LogP contribution in [0.5, 0.6) is 0 Å². The molecule has 1 aliphatic rings. The number of hydrogen-bond donors (Lipinski definition) is 0. The van der Waals surface area contributed by atoms with Crippen molar-refractivity contribution in [2.24, 2.45) is 7.05 Å². The van der Waals surface area contributed by atoms with Crippen LogP contribution in [0.15, 0.2) is 39.9 Å². The first-order chi connectivity index (χ1) is 10.6. The number of halogens is 1. The third-order valence-corrected chi connectivity index (χ3v) is 4.18. The molecule has 0 bridgehead atoms. The Morgan fingerprint density at radius 1 is 1.23 bits per heavy atom. The summed E-state index contributed by atoms with van der Waals surface area (Å²) in [6, 6.07) is 8.33. The normalized spacial score (nSPS) is 15.1. The van der Waals surface area contributed by atoms with Gasteiger partial charge < -0.3 is 14.2 Å². The molecule has 1 saturated heterocycles. The van der Waals surface area contributed by atoms with E-state index < -0.39 is 0 Å². The number of ether oxygens (including phenoxy) is 1. The van der Waals surface area contributed by atoms with E-state index in [1.165, 1.54) is 5.69 Å². The van der Waals surface area contributed by atoms with E-state index >= 15 is 0 Å². The summed E-state index contributed by atoms with van der Waals surface area (Å²) < 4.78 is 7.59. The summed E-state index contributed by atoms with van der Waals surface area (Å²) in [6.07, 6.45) is 2.21. The molecule has 0 spiro atoms. The third kappa shape index (κ3) is 3.39. The van der Waals surface area contributed by atoms with Crippen LogP contribution in [0.3, 0.4) is 0 Å². The van der Waals surface area contributed by atoms with E-state index in [1.807, 2.05) is 0 Å². The molecular formula is C16H18BrN3O2. The molecule has 2 heterocycles. The van der Waals surface area contributed by atoms with Gasteiger partial charge in [0.2, 0.25) is 0 Å². The first-order valence-corrected chi connectivity index (χ1v) is 8.06. The fourth-order valence-corrected chi connectivity index (χ4v) is 3.10. The Morgan fingerprint density at radius 3 is 2.59 bits per heavy atom. The summed E-state index contributed by atoms with van der Waals surface area (Å²) in [6.45, 7) is 3.40. The van der Waals surface area contributed by atoms with Crippen LogP contribution < -0.4 is 10.5 Å². The van der Waals surface area contributed by atoms with Crippen molar-refractivity contribution in [1.29, 1.82) is 0 Å². The zero-order chi connectivity index (χ0) is 15.5. The molecule has 0 atom stereocenters. The van der Waals surface area contributed by atoms with E-state index in [1.54, 1.807) is 17.8 Å². The van der Waals surface area contributed by atoms with Crippen LogP contribution in [0.4, 0.5) is 5.69 Å². The second-order valence-corrected chi connectivity index (χ2v) is 6.18. The first kappa shape index (κ1) is 15.2. The van der Waals surface area contributed by atoms with Crippen LogP contribution in [0.2, 0.25) is 0 Å². The molecule has 0 unspecified atom stereocenters. The van der Waals surface area contributed by atoms with Gasteiger partial charge in [-0.3, -0.25) is 4.79 Å². The largest absolute Gasteiger partial charge is 0.378 e. The van der Waals surface area contributed by atoms with Crippen molar-refractivity contribution in [3.8, 4) is 0 Å². The molecule has 1 fully saturated rings. The van der Waals surface area contributed by atoms with Crippen LogP contribution in [-0.2, 0) is 18.2 Å². The van der Waals surface area contributed by atoms with Gasteiger partial charge in [-0.05, 0) is 33.6 Å². The lowest BCUT2D eigenvalue weighted by Crippen LogP contribution is -2.36. The van der Waals surface area contributed by atoms with Crippen molar-refractivity contribution in [2.45, 2.75) is 6.42 Å². The lowest BCUT2D eigenvalue weighted by molar-refractivity contribution is 0.122. The molecule has 2 aromatic rings. The first-order valence-electron chi connectivity index (χ1n) is 7.27. The van der Waals surface area contributed by atoms with E-state index in [0.717, 1.165) is 31.9 Å². The van der Waals surface area contributed by atoms with Crippen LogP contribution in [0, 0.1) is 0 Å². The zero-order valence-corrected chi connectivity index (χ0v) is 14.0. The fourth-order valence-electron chi connectivity index (χ4n) is 2.58. The van der Waals surface area contributed by atoms with E-state index in [0.29, 0.717) is 16.7 Å². The summed E-state index contributed by atoms with van der Waals surface area (Å²) in [5, 5.41) is 0. The van der Waals surface area contributed by atoms with Crippen LogP contribution in [-0.4, -0.2) is 35.9 Å². The average Bonchev–Trinajstić information content (AvgIpc) is 2.54. The number of anilines is 1. The van der Waals surface area contributed by atoms with Crippen LogP contribution in [0.1, 0.15) is 11.3 Å². The number of aromatic nitrogens is 2. The maximum atomic E-state index is 12.1. The molecule has 0 saturated carbocycles. The monoisotopic (exact) mass is 363 g/mol. The predicted molar refractivity (Wildman–Crippen MR) is 89.5 cm³/mol. The summed E-state index contributed by atoms with van der Waals surface area (Å²) in [4.78, 5) is 18.7. The summed E-state index contributed by atoms with van der Waals surface area (Å²) >= 11 is 3.33. The molecule has 1 aromatic heterocycles. The Hall–Kier alpha value is -1.66. The number of aryl methyl sites for hydroxylation is 1. The van der Waals surface area contributed by atoms with Crippen molar-refractivity contribution >= 4 is 21.6 Å². The molecule has 5 nitrogen and oxygen atoms in total. The van der Waals surface area contributed by atoms with E-state index in [2.05, 4.69) is 50.1 Å². The predicted octanol–water partition coefficient (Wildman–Crippen LogP) is 1.97. The molecule has 0 aliphatic carbocycles. The Bertz CT molecular complexity index is 706. The van der Waals surface area contributed by atoms with Gasteiger partial charge in [0.25, 0.3) is 5.56 Å². The van der Waals surface area contributed by atoms with Crippen molar-refractivity contribution in [3.05, 3.63) is 56.7 Å². The molecule has 116 valence electrons. The van der Waals surface area contributed by atoms with Crippen LogP contribution >= 0.6 is 15.9 Å². The minimum atomic E-state index is -0.0551. The summed E-state index contributed by atoms with van der Waals surface area (Å²) in [5.74, 6) is 0. The Kier molecular flexibility index (Phi) is 4.59. The standard InChI is InChI=1S/C16H18BrN3O2/c1-19-11-15(17)18-14(16(19)21)10-12-2-4-13(5-3-12)20-6-8-22-9-7-20/h2-5,11H,6-10H2,1H3. The molecule has 1 aromatic carbocycles. The number of nitrogens with zero attached hydrogens (tertiary/aromatic N) is 3. The van der Waals surface area contributed by atoms with Gasteiger partial charge in [-0.15, -0.1) is 0 Å². The number of benzene rings is 1. The molecular weight excluding hydrogens is 346 g/mol. The summed E-state index contributed by atoms with van der Waals surface area (Å²) in [7, 11) is 1.74. The van der Waals surface area contributed by atoms with Gasteiger partial charge in [0, 0.05) is 38.4 Å². The highest BCUT2D eigenvalue weighted by Gasteiger charge is 2.11. The van der Waals surface area contributed by atoms with Crippen LogP contribution in [0.25, 0.3) is 0 Å². The van der Waals surface area contributed by atoms with Crippen molar-refractivity contribution in [3.63, 3.8) is 0 Å². The molecule has 0 N–H and O–H groups in total. The topological polar surface area (TPSA) is 47.4 Å². The highest BCUT2D eigenvalue weighted by Crippen LogP contribution is 2.17. The Labute approximate surface area is 137 Å². The average molecular weight is 364 g/mol. The maximum Gasteiger partial charge on any atom is 0.272 e. The van der Waals surface area contributed by atoms with E-state index in [-0.39, 0.29) is 5.56 Å². The van der Waals surface area contributed by atoms with Gasteiger partial charge in [-0.25, -0.2) is 4.98 Å². The molecule has 22 heavy (non-hydrogen) atoms. The molecule has 0 radical (unpaired) electrons. The maximum absolute atomic E-state index is 12.1. The van der Waals surface area contributed by atoms with Gasteiger partial charge in [-0.1, -0.05) is 12.1 Å².